The number of nitrogens with two attached hydrogens (primary N) is 1. The summed E-state index contributed by atoms with van der Waals surface area (Å²) in [6, 6.07) is 8.54. The summed E-state index contributed by atoms with van der Waals surface area (Å²) in [5.41, 5.74) is 7.45. The third-order valence-electron chi connectivity index (χ3n) is 2.90. The van der Waals surface area contributed by atoms with E-state index in [-0.39, 0.29) is 17.9 Å². The first-order valence-corrected chi connectivity index (χ1v) is 5.64. The molecule has 80 valence electrons. The van der Waals surface area contributed by atoms with Crippen molar-refractivity contribution in [3.63, 3.8) is 0 Å². The largest absolute Gasteiger partial charge is 0.319 e. The van der Waals surface area contributed by atoms with Crippen molar-refractivity contribution in [2.75, 3.05) is 13.1 Å². The number of thiophene rings is 1. The summed E-state index contributed by atoms with van der Waals surface area (Å²) in [5.74, 6) is 0. The minimum absolute atomic E-state index is 0. The lowest BCUT2D eigenvalue weighted by Crippen LogP contribution is -2.62. The predicted molar refractivity (Wildman–Crippen MR) is 67.8 cm³/mol. The smallest absolute Gasteiger partial charge is 0.0676 e. The maximum absolute atomic E-state index is 6.29. The van der Waals surface area contributed by atoms with Gasteiger partial charge in [-0.05, 0) is 22.4 Å². The minimum atomic E-state index is -0.135. The number of fused-ring (bicyclic) bond motifs is 1. The third-order valence-corrected chi connectivity index (χ3v) is 3.86. The van der Waals surface area contributed by atoms with E-state index in [4.69, 9.17) is 5.73 Å². The van der Waals surface area contributed by atoms with Gasteiger partial charge in [0.15, 0.2) is 0 Å². The van der Waals surface area contributed by atoms with Gasteiger partial charge in [0.25, 0.3) is 0 Å². The van der Waals surface area contributed by atoms with Gasteiger partial charge in [0.1, 0.15) is 0 Å². The van der Waals surface area contributed by atoms with E-state index >= 15 is 0 Å². The monoisotopic (exact) mass is 240 g/mol. The number of hydrogen-bond acceptors (Lipinski definition) is 3. The molecular formula is C11H13ClN2S. The second-order valence-corrected chi connectivity index (χ2v) is 4.82. The van der Waals surface area contributed by atoms with E-state index < -0.39 is 0 Å². The van der Waals surface area contributed by atoms with Crippen LogP contribution in [0.5, 0.6) is 0 Å². The van der Waals surface area contributed by atoms with Crippen LogP contribution in [0.2, 0.25) is 0 Å². The zero-order valence-electron chi connectivity index (χ0n) is 8.19. The molecule has 0 unspecified atom stereocenters. The number of nitrogens with one attached hydrogen (secondary N) is 1. The van der Waals surface area contributed by atoms with Gasteiger partial charge in [-0.3, -0.25) is 0 Å². The standard InChI is InChI=1S/C11H12N2S.ClH/c12-11(6-13-7-11)9-3-1-2-8-4-5-14-10(8)9;/h1-5,13H,6-7,12H2;1H. The molecule has 0 radical (unpaired) electrons. The predicted octanol–water partition coefficient (Wildman–Crippen LogP) is 2.08. The lowest BCUT2D eigenvalue weighted by atomic mass is 9.85. The van der Waals surface area contributed by atoms with Crippen LogP contribution < -0.4 is 11.1 Å². The Morgan fingerprint density at radius 2 is 2.07 bits per heavy atom. The van der Waals surface area contributed by atoms with E-state index in [9.17, 15) is 0 Å². The molecule has 1 aliphatic rings. The summed E-state index contributed by atoms with van der Waals surface area (Å²) in [6.45, 7) is 1.79. The Hall–Kier alpha value is -0.610. The van der Waals surface area contributed by atoms with E-state index in [1.807, 2.05) is 0 Å². The van der Waals surface area contributed by atoms with Crippen LogP contribution in [0.4, 0.5) is 0 Å². The van der Waals surface area contributed by atoms with Crippen LogP contribution in [0, 0.1) is 0 Å². The fourth-order valence-electron chi connectivity index (χ4n) is 1.97. The highest BCUT2D eigenvalue weighted by molar-refractivity contribution is 7.17. The van der Waals surface area contributed by atoms with Gasteiger partial charge in [-0.2, -0.15) is 0 Å². The fourth-order valence-corrected chi connectivity index (χ4v) is 2.99. The van der Waals surface area contributed by atoms with Crippen molar-refractivity contribution in [2.45, 2.75) is 5.54 Å². The van der Waals surface area contributed by atoms with Crippen LogP contribution in [-0.2, 0) is 5.54 Å². The summed E-state index contributed by atoms with van der Waals surface area (Å²) >= 11 is 1.78. The molecule has 0 aliphatic carbocycles. The summed E-state index contributed by atoms with van der Waals surface area (Å²) in [7, 11) is 0. The van der Waals surface area contributed by atoms with Crippen molar-refractivity contribution >= 4 is 33.8 Å². The highest BCUT2D eigenvalue weighted by atomic mass is 35.5. The Morgan fingerprint density at radius 1 is 1.27 bits per heavy atom. The van der Waals surface area contributed by atoms with E-state index in [2.05, 4.69) is 35.0 Å². The first-order chi connectivity index (χ1) is 6.80. The van der Waals surface area contributed by atoms with E-state index in [1.165, 1.54) is 15.6 Å². The average Bonchev–Trinajstić information content (AvgIpc) is 2.61. The normalized spacial score (nSPS) is 18.2. The second kappa shape index (κ2) is 3.76. The van der Waals surface area contributed by atoms with Crippen LogP contribution in [-0.4, -0.2) is 13.1 Å². The molecule has 3 N–H and O–H groups in total. The first kappa shape index (κ1) is 10.9. The summed E-state index contributed by atoms with van der Waals surface area (Å²) < 4.78 is 1.34. The van der Waals surface area contributed by atoms with E-state index in [1.54, 1.807) is 11.3 Å². The van der Waals surface area contributed by atoms with Gasteiger partial charge in [-0.25, -0.2) is 0 Å². The molecule has 1 fully saturated rings. The molecule has 2 nitrogen and oxygen atoms in total. The van der Waals surface area contributed by atoms with Crippen molar-refractivity contribution < 1.29 is 0 Å². The Bertz CT molecular complexity index is 476. The van der Waals surface area contributed by atoms with Crippen molar-refractivity contribution in [3.05, 3.63) is 35.2 Å². The molecule has 3 rings (SSSR count). The Kier molecular flexibility index (Phi) is 2.73. The van der Waals surface area contributed by atoms with Crippen LogP contribution in [0.15, 0.2) is 29.6 Å². The number of benzene rings is 1. The summed E-state index contributed by atoms with van der Waals surface area (Å²) in [5, 5.41) is 6.67. The van der Waals surface area contributed by atoms with Gasteiger partial charge in [0.2, 0.25) is 0 Å². The minimum Gasteiger partial charge on any atom is -0.319 e. The van der Waals surface area contributed by atoms with Crippen LogP contribution in [0.25, 0.3) is 10.1 Å². The van der Waals surface area contributed by atoms with Gasteiger partial charge in [0.05, 0.1) is 5.54 Å². The SMILES string of the molecule is Cl.NC1(c2cccc3ccsc23)CNC1. The Balaban J connectivity index is 0.000000853. The third kappa shape index (κ3) is 1.56. The van der Waals surface area contributed by atoms with Crippen molar-refractivity contribution in [1.82, 2.24) is 5.32 Å². The molecule has 1 aliphatic heterocycles. The second-order valence-electron chi connectivity index (χ2n) is 3.90. The van der Waals surface area contributed by atoms with E-state index in [0.29, 0.717) is 0 Å². The zero-order chi connectivity index (χ0) is 9.60. The quantitative estimate of drug-likeness (QED) is 0.801. The fraction of sp³-hybridized carbons (Fsp3) is 0.273. The van der Waals surface area contributed by atoms with Gasteiger partial charge in [-0.1, -0.05) is 18.2 Å². The maximum atomic E-state index is 6.29. The lowest BCUT2D eigenvalue weighted by molar-refractivity contribution is 0.290. The summed E-state index contributed by atoms with van der Waals surface area (Å²) in [6.07, 6.45) is 0. The molecule has 1 saturated heterocycles. The molecule has 0 bridgehead atoms. The molecule has 0 amide bonds. The van der Waals surface area contributed by atoms with Crippen molar-refractivity contribution in [1.29, 1.82) is 0 Å². The van der Waals surface area contributed by atoms with Gasteiger partial charge in [-0.15, -0.1) is 23.7 Å². The molecule has 2 aromatic rings. The molecule has 1 aromatic carbocycles. The number of hydrogen-bond donors (Lipinski definition) is 2. The molecule has 1 aromatic heterocycles. The molecule has 0 saturated carbocycles. The number of halogens is 1. The molecular weight excluding hydrogens is 228 g/mol. The van der Waals surface area contributed by atoms with Crippen LogP contribution >= 0.6 is 23.7 Å². The van der Waals surface area contributed by atoms with Crippen molar-refractivity contribution in [3.8, 4) is 0 Å². The Labute approximate surface area is 98.9 Å². The molecule has 4 heteroatoms. The van der Waals surface area contributed by atoms with Crippen LogP contribution in [0.1, 0.15) is 5.56 Å². The number of rotatable bonds is 1. The van der Waals surface area contributed by atoms with Gasteiger partial charge in [0, 0.05) is 17.8 Å². The average molecular weight is 241 g/mol. The summed E-state index contributed by atoms with van der Waals surface area (Å²) in [4.78, 5) is 0. The van der Waals surface area contributed by atoms with Gasteiger partial charge < -0.3 is 11.1 Å². The molecule has 2 heterocycles. The van der Waals surface area contributed by atoms with Gasteiger partial charge >= 0.3 is 0 Å². The molecule has 0 atom stereocenters. The van der Waals surface area contributed by atoms with Crippen molar-refractivity contribution in [2.24, 2.45) is 5.73 Å². The Morgan fingerprint density at radius 3 is 2.73 bits per heavy atom. The first-order valence-electron chi connectivity index (χ1n) is 4.76. The molecule has 0 spiro atoms. The van der Waals surface area contributed by atoms with E-state index in [0.717, 1.165) is 13.1 Å². The topological polar surface area (TPSA) is 38.0 Å². The lowest BCUT2D eigenvalue weighted by Gasteiger charge is -2.39. The highest BCUT2D eigenvalue weighted by Crippen LogP contribution is 2.32. The molecule has 15 heavy (non-hydrogen) atoms. The zero-order valence-corrected chi connectivity index (χ0v) is 9.83. The highest BCUT2D eigenvalue weighted by Gasteiger charge is 2.35. The maximum Gasteiger partial charge on any atom is 0.0676 e. The van der Waals surface area contributed by atoms with Crippen LogP contribution in [0.3, 0.4) is 0 Å².